The molecule has 2 aromatic rings. The van der Waals surface area contributed by atoms with E-state index in [9.17, 15) is 13.6 Å². The van der Waals surface area contributed by atoms with Crippen LogP contribution < -0.4 is 5.32 Å². The Bertz CT molecular complexity index is 989. The van der Waals surface area contributed by atoms with Crippen LogP contribution >= 0.6 is 0 Å². The maximum atomic E-state index is 14.4. The van der Waals surface area contributed by atoms with E-state index in [0.717, 1.165) is 24.8 Å². The van der Waals surface area contributed by atoms with Gasteiger partial charge in [-0.25, -0.2) is 8.78 Å². The van der Waals surface area contributed by atoms with Crippen molar-refractivity contribution in [2.24, 2.45) is 5.92 Å². The van der Waals surface area contributed by atoms with Crippen LogP contribution in [-0.4, -0.2) is 30.0 Å². The molecule has 0 bridgehead atoms. The van der Waals surface area contributed by atoms with E-state index in [0.29, 0.717) is 11.1 Å². The summed E-state index contributed by atoms with van der Waals surface area (Å²) in [5.41, 5.74) is 0.506. The number of fused-ring (bicyclic) bond motifs is 1. The molecule has 34 heavy (non-hydrogen) atoms. The van der Waals surface area contributed by atoms with Crippen LogP contribution in [0, 0.1) is 36.8 Å². The largest absolute Gasteiger partial charge is 0.412 e. The molecule has 0 saturated heterocycles. The second-order valence-electron chi connectivity index (χ2n) is 8.33. The number of hydrogen-bond donors (Lipinski definition) is 2. The Morgan fingerprint density at radius 3 is 2.26 bits per heavy atom. The van der Waals surface area contributed by atoms with Crippen LogP contribution in [-0.2, 0) is 5.41 Å². The third kappa shape index (κ3) is 6.65. The van der Waals surface area contributed by atoms with Crippen LogP contribution in [0.5, 0.6) is 0 Å². The number of rotatable bonds is 2. The first kappa shape index (κ1) is 31.2. The van der Waals surface area contributed by atoms with Crippen molar-refractivity contribution in [2.75, 3.05) is 19.0 Å². The van der Waals surface area contributed by atoms with Gasteiger partial charge in [0.1, 0.15) is 11.6 Å². The Kier molecular flexibility index (Phi) is 13.3. The lowest BCUT2D eigenvalue weighted by Gasteiger charge is -2.24. The first-order valence-corrected chi connectivity index (χ1v) is 11.6. The van der Waals surface area contributed by atoms with E-state index in [4.69, 9.17) is 11.5 Å². The second-order valence-corrected chi connectivity index (χ2v) is 8.33. The van der Waals surface area contributed by atoms with E-state index in [2.05, 4.69) is 18.2 Å². The molecule has 0 spiro atoms. The number of hydrogen-bond acceptors (Lipinski definition) is 3. The number of benzene rings is 2. The van der Waals surface area contributed by atoms with Gasteiger partial charge in [0.05, 0.1) is 11.0 Å². The third-order valence-electron chi connectivity index (χ3n) is 6.06. The standard InChI is InChI=1S/C19H15F2NO.C6H12.C2H6.CH4O.H2O.2H2/c1-4-12-6-5-7-14-16(12)19(3,10-22-14)18(23)15-13(20)9-8-11(2)17(15)21;1-6-4-2-3-5-6;2*1-2;;;/h1,5-9,22H,10H2,2-3H3;6H,2-5H2,1H3;1-2H3;2H,1H3;1H2;2*1H. The molecule has 4 rings (SSSR count). The van der Waals surface area contributed by atoms with Gasteiger partial charge in [-0.15, -0.1) is 6.42 Å². The Morgan fingerprint density at radius 2 is 1.76 bits per heavy atom. The van der Waals surface area contributed by atoms with Gasteiger partial charge in [0.2, 0.25) is 0 Å². The van der Waals surface area contributed by atoms with Crippen molar-refractivity contribution in [2.45, 2.75) is 65.7 Å². The predicted octanol–water partition coefficient (Wildman–Crippen LogP) is 6.32. The molecule has 2 aromatic carbocycles. The normalized spacial score (nSPS) is 17.6. The lowest BCUT2D eigenvalue weighted by atomic mass is 9.75. The molecule has 1 atom stereocenters. The average Bonchev–Trinajstić information content (AvgIpc) is 3.47. The predicted molar refractivity (Wildman–Crippen MR) is 141 cm³/mol. The second kappa shape index (κ2) is 14.5. The summed E-state index contributed by atoms with van der Waals surface area (Å²) in [6.45, 7) is 9.75. The minimum Gasteiger partial charge on any atom is -0.412 e. The van der Waals surface area contributed by atoms with Crippen LogP contribution in [0.1, 0.15) is 83.3 Å². The minimum atomic E-state index is -1.12. The number of aliphatic hydroxyl groups excluding tert-OH is 1. The van der Waals surface area contributed by atoms with Crippen molar-refractivity contribution >= 4 is 11.5 Å². The van der Waals surface area contributed by atoms with Gasteiger partial charge in [0.15, 0.2) is 5.78 Å². The zero-order chi connectivity index (χ0) is 25.2. The van der Waals surface area contributed by atoms with Crippen LogP contribution in [0.15, 0.2) is 30.3 Å². The number of halogens is 2. The number of aryl methyl sites for hydroxylation is 1. The number of carbonyl (C=O) groups excluding carboxylic acids is 1. The number of terminal acetylenes is 1. The van der Waals surface area contributed by atoms with E-state index in [1.165, 1.54) is 38.7 Å². The molecule has 1 unspecified atom stereocenters. The monoisotopic (exact) mass is 479 g/mol. The summed E-state index contributed by atoms with van der Waals surface area (Å²) in [7, 11) is 1.00. The van der Waals surface area contributed by atoms with Gasteiger partial charge in [-0.2, -0.15) is 0 Å². The summed E-state index contributed by atoms with van der Waals surface area (Å²) >= 11 is 0. The van der Waals surface area contributed by atoms with E-state index in [1.54, 1.807) is 25.1 Å². The van der Waals surface area contributed by atoms with Gasteiger partial charge < -0.3 is 15.9 Å². The highest BCUT2D eigenvalue weighted by molar-refractivity contribution is 6.07. The number of Topliss-reactive ketones (excluding diaryl/α,β-unsaturated/α-hetero) is 1. The molecule has 0 aromatic heterocycles. The summed E-state index contributed by atoms with van der Waals surface area (Å²) in [6, 6.07) is 7.74. The van der Waals surface area contributed by atoms with Crippen molar-refractivity contribution in [3.05, 3.63) is 64.2 Å². The Balaban J connectivity index is -0.000000720. The van der Waals surface area contributed by atoms with Crippen LogP contribution in [0.25, 0.3) is 0 Å². The van der Waals surface area contributed by atoms with E-state index in [1.807, 2.05) is 13.8 Å². The molecule has 1 heterocycles. The van der Waals surface area contributed by atoms with Gasteiger partial charge in [-0.05, 0) is 43.5 Å². The van der Waals surface area contributed by atoms with Crippen LogP contribution in [0.2, 0.25) is 0 Å². The lowest BCUT2D eigenvalue weighted by molar-refractivity contribution is 0.0900. The van der Waals surface area contributed by atoms with Crippen molar-refractivity contribution < 1.29 is 27.0 Å². The molecule has 1 aliphatic heterocycles. The quantitative estimate of drug-likeness (QED) is 0.391. The van der Waals surface area contributed by atoms with E-state index >= 15 is 0 Å². The average molecular weight is 480 g/mol. The van der Waals surface area contributed by atoms with Crippen molar-refractivity contribution in [1.29, 1.82) is 0 Å². The highest BCUT2D eigenvalue weighted by atomic mass is 19.1. The molecule has 1 saturated carbocycles. The number of aliphatic hydroxyl groups is 1. The first-order valence-electron chi connectivity index (χ1n) is 11.6. The fourth-order valence-corrected chi connectivity index (χ4v) is 4.24. The summed E-state index contributed by atoms with van der Waals surface area (Å²) in [6.07, 6.45) is 11.5. The first-order chi connectivity index (χ1) is 15.8. The highest BCUT2D eigenvalue weighted by Gasteiger charge is 2.45. The number of nitrogens with one attached hydrogen (secondary N) is 1. The Labute approximate surface area is 206 Å². The Morgan fingerprint density at radius 1 is 1.18 bits per heavy atom. The molecule has 1 aliphatic carbocycles. The van der Waals surface area contributed by atoms with E-state index in [-0.39, 0.29) is 20.4 Å². The molecule has 6 heteroatoms. The van der Waals surface area contributed by atoms with Gasteiger partial charge >= 0.3 is 0 Å². The van der Waals surface area contributed by atoms with Crippen molar-refractivity contribution in [3.8, 4) is 12.3 Å². The number of anilines is 1. The summed E-state index contributed by atoms with van der Waals surface area (Å²) in [5, 5.41) is 10.1. The molecule has 1 fully saturated rings. The SMILES string of the molecule is C#Cc1cccc2c1C(C)(C(=O)c1c(F)ccc(C)c1F)CN2.CC.CC1CCCC1.CO.O.[HH].[HH]. The summed E-state index contributed by atoms with van der Waals surface area (Å²) in [5.74, 6) is 1.32. The molecule has 192 valence electrons. The summed E-state index contributed by atoms with van der Waals surface area (Å²) < 4.78 is 28.5. The molecular formula is C28H43F2NO3. The third-order valence-corrected chi connectivity index (χ3v) is 6.06. The maximum Gasteiger partial charge on any atom is 0.180 e. The molecule has 0 amide bonds. The number of carbonyl (C=O) groups is 1. The van der Waals surface area contributed by atoms with Crippen molar-refractivity contribution in [3.63, 3.8) is 0 Å². The zero-order valence-corrected chi connectivity index (χ0v) is 21.2. The molecule has 4 N–H and O–H groups in total. The molecule has 2 aliphatic rings. The van der Waals surface area contributed by atoms with Crippen LogP contribution in [0.3, 0.4) is 0 Å². The van der Waals surface area contributed by atoms with Crippen LogP contribution in [0.4, 0.5) is 14.5 Å². The lowest BCUT2D eigenvalue weighted by Crippen LogP contribution is -2.36. The van der Waals surface area contributed by atoms with Gasteiger partial charge in [-0.3, -0.25) is 4.79 Å². The fraction of sp³-hybridized carbons (Fsp3) is 0.464. The van der Waals surface area contributed by atoms with Crippen molar-refractivity contribution in [1.82, 2.24) is 0 Å². The molecule has 4 nitrogen and oxygen atoms in total. The van der Waals surface area contributed by atoms with E-state index < -0.39 is 28.4 Å². The topological polar surface area (TPSA) is 80.8 Å². The van der Waals surface area contributed by atoms with Gasteiger partial charge in [0.25, 0.3) is 0 Å². The molecular weight excluding hydrogens is 436 g/mol. The Hall–Kier alpha value is -2.75. The fourth-order valence-electron chi connectivity index (χ4n) is 4.24. The van der Waals surface area contributed by atoms with Gasteiger partial charge in [-0.1, -0.05) is 64.5 Å². The maximum absolute atomic E-state index is 14.4. The minimum absolute atomic E-state index is 0. The smallest absolute Gasteiger partial charge is 0.180 e. The summed E-state index contributed by atoms with van der Waals surface area (Å²) in [4.78, 5) is 13.0. The van der Waals surface area contributed by atoms with Gasteiger partial charge in [0, 0.05) is 33.3 Å². The zero-order valence-electron chi connectivity index (χ0n) is 21.2. The number of ketones is 1. The highest BCUT2D eigenvalue weighted by Crippen LogP contribution is 2.41. The molecule has 0 radical (unpaired) electrons.